The van der Waals surface area contributed by atoms with Crippen LogP contribution in [0.3, 0.4) is 0 Å². The van der Waals surface area contributed by atoms with Crippen molar-refractivity contribution >= 4 is 5.91 Å². The van der Waals surface area contributed by atoms with Crippen LogP contribution in [0.2, 0.25) is 0 Å². The third-order valence-corrected chi connectivity index (χ3v) is 5.76. The first-order chi connectivity index (χ1) is 9.72. The highest BCUT2D eigenvalue weighted by Gasteiger charge is 2.48. The fourth-order valence-corrected chi connectivity index (χ4v) is 5.07. The minimum atomic E-state index is -0.0119. The molecule has 4 saturated carbocycles. The number of aryl methyl sites for hydroxylation is 1. The highest BCUT2D eigenvalue weighted by molar-refractivity contribution is 5.91. The van der Waals surface area contributed by atoms with Gasteiger partial charge in [-0.15, -0.1) is 0 Å². The standard InChI is InChI=1S/C17H23NO2/c1-2-14-3-4-15(20-14)17(19)18-16-12-6-10-5-11(8-12)9-13(16)7-10/h3-4,10-13,16H,2,5-9H2,1H3,(H,18,19). The quantitative estimate of drug-likeness (QED) is 0.917. The van der Waals surface area contributed by atoms with Crippen molar-refractivity contribution in [3.05, 3.63) is 23.7 Å². The normalized spacial score (nSPS) is 38.1. The van der Waals surface area contributed by atoms with E-state index in [9.17, 15) is 4.79 Å². The lowest BCUT2D eigenvalue weighted by molar-refractivity contribution is -0.0123. The van der Waals surface area contributed by atoms with Crippen molar-refractivity contribution in [2.24, 2.45) is 23.7 Å². The summed E-state index contributed by atoms with van der Waals surface area (Å²) in [6.45, 7) is 2.04. The highest BCUT2D eigenvalue weighted by atomic mass is 16.3. The Labute approximate surface area is 120 Å². The van der Waals surface area contributed by atoms with E-state index in [-0.39, 0.29) is 5.91 Å². The summed E-state index contributed by atoms with van der Waals surface area (Å²) in [7, 11) is 0. The minimum absolute atomic E-state index is 0.0119. The molecule has 0 unspecified atom stereocenters. The van der Waals surface area contributed by atoms with E-state index < -0.39 is 0 Å². The third-order valence-electron chi connectivity index (χ3n) is 5.76. The average Bonchev–Trinajstić information content (AvgIpc) is 2.91. The van der Waals surface area contributed by atoms with E-state index in [0.29, 0.717) is 11.8 Å². The van der Waals surface area contributed by atoms with Crippen molar-refractivity contribution in [1.82, 2.24) is 5.32 Å². The predicted octanol–water partition coefficient (Wildman–Crippen LogP) is 3.40. The monoisotopic (exact) mass is 273 g/mol. The van der Waals surface area contributed by atoms with Crippen LogP contribution in [0.25, 0.3) is 0 Å². The zero-order valence-electron chi connectivity index (χ0n) is 12.1. The van der Waals surface area contributed by atoms with Crippen LogP contribution < -0.4 is 5.32 Å². The van der Waals surface area contributed by atoms with Crippen molar-refractivity contribution in [1.29, 1.82) is 0 Å². The molecule has 4 aliphatic carbocycles. The third kappa shape index (κ3) is 1.99. The molecule has 4 fully saturated rings. The molecule has 0 aromatic carbocycles. The Bertz CT molecular complexity index is 491. The van der Waals surface area contributed by atoms with Crippen LogP contribution in [0, 0.1) is 23.7 Å². The van der Waals surface area contributed by atoms with Gasteiger partial charge in [0.15, 0.2) is 5.76 Å². The molecule has 20 heavy (non-hydrogen) atoms. The summed E-state index contributed by atoms with van der Waals surface area (Å²) in [5.74, 6) is 4.69. The Kier molecular flexibility index (Phi) is 2.90. The molecule has 4 aliphatic rings. The Hall–Kier alpha value is -1.25. The van der Waals surface area contributed by atoms with Crippen LogP contribution in [0.15, 0.2) is 16.5 Å². The number of carbonyl (C=O) groups is 1. The molecule has 0 radical (unpaired) electrons. The van der Waals surface area contributed by atoms with E-state index >= 15 is 0 Å². The number of rotatable bonds is 3. The molecule has 1 heterocycles. The van der Waals surface area contributed by atoms with Crippen LogP contribution in [-0.4, -0.2) is 11.9 Å². The van der Waals surface area contributed by atoms with Gasteiger partial charge < -0.3 is 9.73 Å². The lowest BCUT2D eigenvalue weighted by Gasteiger charge is -2.54. The molecule has 1 aromatic heterocycles. The van der Waals surface area contributed by atoms with Crippen molar-refractivity contribution in [3.8, 4) is 0 Å². The molecule has 1 N–H and O–H groups in total. The number of carbonyl (C=O) groups excluding carboxylic acids is 1. The van der Waals surface area contributed by atoms with Gasteiger partial charge in [-0.3, -0.25) is 4.79 Å². The maximum atomic E-state index is 12.4. The van der Waals surface area contributed by atoms with E-state index in [1.54, 1.807) is 0 Å². The Morgan fingerprint density at radius 3 is 2.35 bits per heavy atom. The van der Waals surface area contributed by atoms with E-state index in [0.717, 1.165) is 35.9 Å². The van der Waals surface area contributed by atoms with Gasteiger partial charge in [-0.25, -0.2) is 0 Å². The first kappa shape index (κ1) is 12.5. The summed E-state index contributed by atoms with van der Waals surface area (Å²) >= 11 is 0. The molecule has 4 bridgehead atoms. The zero-order valence-corrected chi connectivity index (χ0v) is 12.1. The first-order valence-electron chi connectivity index (χ1n) is 8.12. The lowest BCUT2D eigenvalue weighted by Crippen LogP contribution is -2.55. The Balaban J connectivity index is 1.47. The summed E-state index contributed by atoms with van der Waals surface area (Å²) in [5.41, 5.74) is 0. The molecule has 3 heteroatoms. The van der Waals surface area contributed by atoms with E-state index in [4.69, 9.17) is 4.42 Å². The average molecular weight is 273 g/mol. The summed E-state index contributed by atoms with van der Waals surface area (Å²) < 4.78 is 5.58. The van der Waals surface area contributed by atoms with Crippen molar-refractivity contribution in [2.45, 2.75) is 51.5 Å². The maximum Gasteiger partial charge on any atom is 0.287 e. The van der Waals surface area contributed by atoms with E-state index in [1.165, 1.54) is 32.1 Å². The Morgan fingerprint density at radius 2 is 1.80 bits per heavy atom. The molecular weight excluding hydrogens is 250 g/mol. The molecule has 0 aliphatic heterocycles. The molecule has 0 spiro atoms. The van der Waals surface area contributed by atoms with Gasteiger partial charge in [0, 0.05) is 12.5 Å². The van der Waals surface area contributed by atoms with Crippen LogP contribution in [0.1, 0.15) is 55.3 Å². The SMILES string of the molecule is CCc1ccc(C(=O)NC2C3CC4CC(C3)CC2C4)o1. The van der Waals surface area contributed by atoms with Gasteiger partial charge in [-0.1, -0.05) is 6.92 Å². The van der Waals surface area contributed by atoms with Gasteiger partial charge in [-0.2, -0.15) is 0 Å². The van der Waals surface area contributed by atoms with Crippen molar-refractivity contribution < 1.29 is 9.21 Å². The van der Waals surface area contributed by atoms with Gasteiger partial charge in [-0.05, 0) is 67.9 Å². The molecule has 1 amide bonds. The second-order valence-corrected chi connectivity index (χ2v) is 7.05. The summed E-state index contributed by atoms with van der Waals surface area (Å²) in [6.07, 6.45) is 7.61. The number of nitrogens with one attached hydrogen (secondary N) is 1. The maximum absolute atomic E-state index is 12.4. The van der Waals surface area contributed by atoms with Crippen LogP contribution in [0.4, 0.5) is 0 Å². The molecular formula is C17H23NO2. The second-order valence-electron chi connectivity index (χ2n) is 7.05. The molecule has 1 aromatic rings. The van der Waals surface area contributed by atoms with Gasteiger partial charge in [0.05, 0.1) is 0 Å². The van der Waals surface area contributed by atoms with E-state index in [1.807, 2.05) is 19.1 Å². The van der Waals surface area contributed by atoms with E-state index in [2.05, 4.69) is 5.32 Å². The summed E-state index contributed by atoms with van der Waals surface area (Å²) in [6, 6.07) is 4.11. The lowest BCUT2D eigenvalue weighted by atomic mass is 9.54. The smallest absolute Gasteiger partial charge is 0.287 e. The minimum Gasteiger partial charge on any atom is -0.456 e. The van der Waals surface area contributed by atoms with Gasteiger partial charge in [0.2, 0.25) is 0 Å². The van der Waals surface area contributed by atoms with Gasteiger partial charge in [0.1, 0.15) is 5.76 Å². The largest absolute Gasteiger partial charge is 0.456 e. The molecule has 0 saturated heterocycles. The topological polar surface area (TPSA) is 42.2 Å². The predicted molar refractivity (Wildman–Crippen MR) is 76.4 cm³/mol. The molecule has 3 nitrogen and oxygen atoms in total. The number of furan rings is 1. The summed E-state index contributed by atoms with van der Waals surface area (Å²) in [4.78, 5) is 12.4. The second kappa shape index (κ2) is 4.64. The first-order valence-corrected chi connectivity index (χ1v) is 8.12. The molecule has 108 valence electrons. The van der Waals surface area contributed by atoms with Crippen molar-refractivity contribution in [2.75, 3.05) is 0 Å². The Morgan fingerprint density at radius 1 is 1.15 bits per heavy atom. The van der Waals surface area contributed by atoms with Crippen LogP contribution in [-0.2, 0) is 6.42 Å². The van der Waals surface area contributed by atoms with Crippen molar-refractivity contribution in [3.63, 3.8) is 0 Å². The summed E-state index contributed by atoms with van der Waals surface area (Å²) in [5, 5.41) is 3.28. The van der Waals surface area contributed by atoms with Gasteiger partial charge >= 0.3 is 0 Å². The van der Waals surface area contributed by atoms with Crippen LogP contribution >= 0.6 is 0 Å². The highest BCUT2D eigenvalue weighted by Crippen LogP contribution is 2.53. The number of hydrogen-bond acceptors (Lipinski definition) is 2. The molecule has 0 atom stereocenters. The molecule has 5 rings (SSSR count). The zero-order chi connectivity index (χ0) is 13.7. The fourth-order valence-electron chi connectivity index (χ4n) is 5.07. The number of amides is 1. The van der Waals surface area contributed by atoms with Crippen LogP contribution in [0.5, 0.6) is 0 Å². The number of hydrogen-bond donors (Lipinski definition) is 1. The fraction of sp³-hybridized carbons (Fsp3) is 0.706. The van der Waals surface area contributed by atoms with Gasteiger partial charge in [0.25, 0.3) is 5.91 Å².